The molecule has 0 aliphatic carbocycles. The van der Waals surface area contributed by atoms with Gasteiger partial charge in [0.15, 0.2) is 5.60 Å². The molecule has 6 nitrogen and oxygen atoms in total. The normalized spacial score (nSPS) is 10.6. The van der Waals surface area contributed by atoms with Gasteiger partial charge in [-0.15, -0.1) is 0 Å². The van der Waals surface area contributed by atoms with Gasteiger partial charge in [0.1, 0.15) is 13.2 Å². The Morgan fingerprint density at radius 1 is 0.882 bits per heavy atom. The lowest BCUT2D eigenvalue weighted by atomic mass is 10.0. The zero-order chi connectivity index (χ0) is 13.5. The second-order valence-electron chi connectivity index (χ2n) is 3.69. The van der Waals surface area contributed by atoms with Crippen molar-refractivity contribution < 1.29 is 28.6 Å². The van der Waals surface area contributed by atoms with E-state index in [1.165, 1.54) is 20.8 Å². The van der Waals surface area contributed by atoms with Crippen molar-refractivity contribution in [2.75, 3.05) is 13.2 Å². The molecule has 0 aliphatic rings. The highest BCUT2D eigenvalue weighted by molar-refractivity contribution is 5.68. The first-order valence-corrected chi connectivity index (χ1v) is 5.27. The average molecular weight is 246 g/mol. The van der Waals surface area contributed by atoms with Crippen molar-refractivity contribution in [2.24, 2.45) is 0 Å². The van der Waals surface area contributed by atoms with E-state index in [-0.39, 0.29) is 13.2 Å². The molecular formula is C11H18O6. The predicted molar refractivity (Wildman–Crippen MR) is 58.1 cm³/mol. The summed E-state index contributed by atoms with van der Waals surface area (Å²) in [6, 6.07) is 0. The molecule has 0 saturated carbocycles. The molecule has 0 aromatic heterocycles. The second-order valence-corrected chi connectivity index (χ2v) is 3.69. The number of hydrogen-bond donors (Lipinski definition) is 0. The van der Waals surface area contributed by atoms with Crippen molar-refractivity contribution in [3.05, 3.63) is 0 Å². The molecule has 0 bridgehead atoms. The van der Waals surface area contributed by atoms with Crippen LogP contribution >= 0.6 is 0 Å². The Balaban J connectivity index is 4.66. The molecule has 0 aromatic rings. The van der Waals surface area contributed by atoms with E-state index in [0.29, 0.717) is 6.42 Å². The molecule has 0 aromatic carbocycles. The van der Waals surface area contributed by atoms with E-state index in [1.807, 2.05) is 0 Å². The van der Waals surface area contributed by atoms with Crippen LogP contribution in [0.4, 0.5) is 0 Å². The number of esters is 3. The van der Waals surface area contributed by atoms with Crippen LogP contribution in [-0.2, 0) is 28.6 Å². The maximum absolute atomic E-state index is 11.0. The molecule has 0 spiro atoms. The SMILES string of the molecule is CCC(COC(C)=O)(COC(C)=O)OC(C)=O. The lowest BCUT2D eigenvalue weighted by Crippen LogP contribution is -2.44. The van der Waals surface area contributed by atoms with Crippen molar-refractivity contribution >= 4 is 17.9 Å². The highest BCUT2D eigenvalue weighted by Crippen LogP contribution is 2.18. The summed E-state index contributed by atoms with van der Waals surface area (Å²) in [5, 5.41) is 0. The van der Waals surface area contributed by atoms with Gasteiger partial charge in [0.05, 0.1) is 0 Å². The molecule has 0 amide bonds. The van der Waals surface area contributed by atoms with Crippen LogP contribution in [0.25, 0.3) is 0 Å². The third kappa shape index (κ3) is 6.55. The molecule has 0 rings (SSSR count). The monoisotopic (exact) mass is 246 g/mol. The van der Waals surface area contributed by atoms with Gasteiger partial charge in [0.25, 0.3) is 0 Å². The Kier molecular flexibility index (Phi) is 6.23. The van der Waals surface area contributed by atoms with Gasteiger partial charge in [0, 0.05) is 20.8 Å². The molecule has 6 heteroatoms. The van der Waals surface area contributed by atoms with Gasteiger partial charge in [0.2, 0.25) is 0 Å². The maximum Gasteiger partial charge on any atom is 0.303 e. The van der Waals surface area contributed by atoms with Crippen LogP contribution in [0.15, 0.2) is 0 Å². The zero-order valence-electron chi connectivity index (χ0n) is 10.6. The van der Waals surface area contributed by atoms with E-state index in [4.69, 9.17) is 14.2 Å². The fourth-order valence-electron chi connectivity index (χ4n) is 1.15. The van der Waals surface area contributed by atoms with E-state index in [0.717, 1.165) is 0 Å². The van der Waals surface area contributed by atoms with Crippen LogP contribution in [-0.4, -0.2) is 36.7 Å². The predicted octanol–water partition coefficient (Wildman–Crippen LogP) is 0.825. The third-order valence-corrected chi connectivity index (χ3v) is 2.08. The topological polar surface area (TPSA) is 78.9 Å². The van der Waals surface area contributed by atoms with Crippen LogP contribution in [0.2, 0.25) is 0 Å². The zero-order valence-corrected chi connectivity index (χ0v) is 10.6. The summed E-state index contributed by atoms with van der Waals surface area (Å²) in [6.07, 6.45) is 0.368. The molecule has 98 valence electrons. The van der Waals surface area contributed by atoms with Crippen molar-refractivity contribution in [3.8, 4) is 0 Å². The van der Waals surface area contributed by atoms with Gasteiger partial charge in [-0.25, -0.2) is 0 Å². The summed E-state index contributed by atoms with van der Waals surface area (Å²) >= 11 is 0. The number of ether oxygens (including phenoxy) is 3. The Morgan fingerprint density at radius 3 is 1.53 bits per heavy atom. The van der Waals surface area contributed by atoms with Gasteiger partial charge in [-0.05, 0) is 6.42 Å². The first kappa shape index (κ1) is 15.4. The van der Waals surface area contributed by atoms with Gasteiger partial charge in [-0.1, -0.05) is 6.92 Å². The maximum atomic E-state index is 11.0. The van der Waals surface area contributed by atoms with E-state index < -0.39 is 23.5 Å². The van der Waals surface area contributed by atoms with Crippen molar-refractivity contribution in [1.29, 1.82) is 0 Å². The van der Waals surface area contributed by atoms with Gasteiger partial charge < -0.3 is 14.2 Å². The minimum absolute atomic E-state index is 0.133. The number of rotatable bonds is 6. The fraction of sp³-hybridized carbons (Fsp3) is 0.727. The Labute approximate surface area is 100 Å². The van der Waals surface area contributed by atoms with Gasteiger partial charge >= 0.3 is 17.9 Å². The first-order chi connectivity index (χ1) is 7.81. The van der Waals surface area contributed by atoms with Crippen molar-refractivity contribution in [1.82, 2.24) is 0 Å². The lowest BCUT2D eigenvalue weighted by Gasteiger charge is -2.30. The Bertz CT molecular complexity index is 278. The Hall–Kier alpha value is -1.59. The number of carbonyl (C=O) groups excluding carboxylic acids is 3. The minimum Gasteiger partial charge on any atom is -0.461 e. The summed E-state index contributed by atoms with van der Waals surface area (Å²) in [6.45, 7) is 5.22. The number of carbonyl (C=O) groups is 3. The molecular weight excluding hydrogens is 228 g/mol. The van der Waals surface area contributed by atoms with Crippen LogP contribution in [0.5, 0.6) is 0 Å². The quantitative estimate of drug-likeness (QED) is 0.510. The van der Waals surface area contributed by atoms with Crippen LogP contribution in [0.1, 0.15) is 34.1 Å². The summed E-state index contributed by atoms with van der Waals surface area (Å²) in [7, 11) is 0. The first-order valence-electron chi connectivity index (χ1n) is 5.27. The summed E-state index contributed by atoms with van der Waals surface area (Å²) in [4.78, 5) is 32.5. The van der Waals surface area contributed by atoms with Gasteiger partial charge in [-0.3, -0.25) is 14.4 Å². The van der Waals surface area contributed by atoms with E-state index >= 15 is 0 Å². The average Bonchev–Trinajstić information content (AvgIpc) is 2.21. The van der Waals surface area contributed by atoms with Crippen LogP contribution in [0, 0.1) is 0 Å². The van der Waals surface area contributed by atoms with Crippen LogP contribution < -0.4 is 0 Å². The molecule has 0 N–H and O–H groups in total. The Morgan fingerprint density at radius 2 is 1.29 bits per heavy atom. The minimum atomic E-state index is -1.11. The largest absolute Gasteiger partial charge is 0.461 e. The highest BCUT2D eigenvalue weighted by atomic mass is 16.6. The molecule has 0 atom stereocenters. The molecule has 17 heavy (non-hydrogen) atoms. The molecule has 0 fully saturated rings. The summed E-state index contributed by atoms with van der Waals surface area (Å²) < 4.78 is 14.7. The van der Waals surface area contributed by atoms with E-state index in [9.17, 15) is 14.4 Å². The molecule has 0 heterocycles. The third-order valence-electron chi connectivity index (χ3n) is 2.08. The van der Waals surface area contributed by atoms with Gasteiger partial charge in [-0.2, -0.15) is 0 Å². The standard InChI is InChI=1S/C11H18O6/c1-5-11(17-10(4)14,6-15-8(2)12)7-16-9(3)13/h5-7H2,1-4H3. The molecule has 0 saturated heterocycles. The van der Waals surface area contributed by atoms with Crippen molar-refractivity contribution in [3.63, 3.8) is 0 Å². The van der Waals surface area contributed by atoms with Crippen LogP contribution in [0.3, 0.4) is 0 Å². The number of hydrogen-bond acceptors (Lipinski definition) is 6. The molecule has 0 aliphatic heterocycles. The lowest BCUT2D eigenvalue weighted by molar-refractivity contribution is -0.182. The summed E-state index contributed by atoms with van der Waals surface area (Å²) in [5.74, 6) is -1.50. The molecule has 0 radical (unpaired) electrons. The fourth-order valence-corrected chi connectivity index (χ4v) is 1.15. The molecule has 0 unspecified atom stereocenters. The van der Waals surface area contributed by atoms with E-state index in [1.54, 1.807) is 6.92 Å². The second kappa shape index (κ2) is 6.88. The van der Waals surface area contributed by atoms with Crippen molar-refractivity contribution in [2.45, 2.75) is 39.7 Å². The van der Waals surface area contributed by atoms with E-state index in [2.05, 4.69) is 0 Å². The highest BCUT2D eigenvalue weighted by Gasteiger charge is 2.34. The smallest absolute Gasteiger partial charge is 0.303 e. The summed E-state index contributed by atoms with van der Waals surface area (Å²) in [5.41, 5.74) is -1.11.